The van der Waals surface area contributed by atoms with Crippen LogP contribution >= 0.6 is 11.3 Å². The molecule has 1 unspecified atom stereocenters. The molecule has 0 aliphatic carbocycles. The molecule has 6 nitrogen and oxygen atoms in total. The minimum atomic E-state index is -0.928. The summed E-state index contributed by atoms with van der Waals surface area (Å²) in [5, 5.41) is 12.2. The van der Waals surface area contributed by atoms with Gasteiger partial charge in [-0.1, -0.05) is 30.3 Å². The quantitative estimate of drug-likeness (QED) is 0.878. The number of carbonyl (C=O) groups excluding carboxylic acids is 1. The average Bonchev–Trinajstić information content (AvgIpc) is 3.17. The van der Waals surface area contributed by atoms with E-state index in [0.29, 0.717) is 28.7 Å². The summed E-state index contributed by atoms with van der Waals surface area (Å²) in [7, 11) is 0. The smallest absolute Gasteiger partial charge is 0.308 e. The largest absolute Gasteiger partial charge is 0.481 e. The van der Waals surface area contributed by atoms with Gasteiger partial charge in [-0.05, 0) is 12.8 Å². The fourth-order valence-corrected chi connectivity index (χ4v) is 3.43. The van der Waals surface area contributed by atoms with Crippen LogP contribution in [0.25, 0.3) is 11.3 Å². The van der Waals surface area contributed by atoms with Crippen LogP contribution in [0.5, 0.6) is 0 Å². The van der Waals surface area contributed by atoms with Crippen LogP contribution in [0.4, 0.5) is 5.13 Å². The van der Waals surface area contributed by atoms with E-state index in [-0.39, 0.29) is 12.3 Å². The molecule has 120 valence electrons. The summed E-state index contributed by atoms with van der Waals surface area (Å²) in [5.74, 6) is -1.15. The number of carbonyl (C=O) groups is 2. The van der Waals surface area contributed by atoms with Crippen molar-refractivity contribution >= 4 is 28.3 Å². The SMILES string of the molecule is O=C(O)Cc1sc(NC(=O)C2CCCO2)nc1-c1ccccc1. The minimum Gasteiger partial charge on any atom is -0.481 e. The van der Waals surface area contributed by atoms with E-state index in [1.54, 1.807) is 0 Å². The Kier molecular flexibility index (Phi) is 4.68. The number of thiazole rings is 1. The molecule has 1 atom stereocenters. The first-order chi connectivity index (χ1) is 11.1. The number of carboxylic acids is 1. The number of hydrogen-bond donors (Lipinski definition) is 2. The van der Waals surface area contributed by atoms with E-state index in [4.69, 9.17) is 9.84 Å². The zero-order chi connectivity index (χ0) is 16.2. The highest BCUT2D eigenvalue weighted by Gasteiger charge is 2.25. The zero-order valence-corrected chi connectivity index (χ0v) is 13.1. The fourth-order valence-electron chi connectivity index (χ4n) is 2.45. The maximum atomic E-state index is 12.1. The molecule has 2 N–H and O–H groups in total. The molecule has 23 heavy (non-hydrogen) atoms. The summed E-state index contributed by atoms with van der Waals surface area (Å²) in [5.41, 5.74) is 1.43. The first-order valence-corrected chi connectivity index (χ1v) is 8.14. The van der Waals surface area contributed by atoms with Gasteiger partial charge in [0.15, 0.2) is 5.13 Å². The molecule has 1 aliphatic rings. The first kappa shape index (κ1) is 15.6. The van der Waals surface area contributed by atoms with E-state index in [2.05, 4.69) is 10.3 Å². The van der Waals surface area contributed by atoms with Crippen molar-refractivity contribution in [2.45, 2.75) is 25.4 Å². The van der Waals surface area contributed by atoms with E-state index in [1.807, 2.05) is 30.3 Å². The number of carboxylic acid groups (broad SMARTS) is 1. The van der Waals surface area contributed by atoms with E-state index in [0.717, 1.165) is 12.0 Å². The molecule has 0 radical (unpaired) electrons. The highest BCUT2D eigenvalue weighted by molar-refractivity contribution is 7.16. The standard InChI is InChI=1S/C16H16N2O4S/c19-13(20)9-12-14(10-5-2-1-3-6-10)17-16(23-12)18-15(21)11-7-4-8-22-11/h1-3,5-6,11H,4,7-9H2,(H,19,20)(H,17,18,21). The normalized spacial score (nSPS) is 17.1. The molecule has 1 aromatic carbocycles. The summed E-state index contributed by atoms with van der Waals surface area (Å²) in [4.78, 5) is 28.2. The number of hydrogen-bond acceptors (Lipinski definition) is 5. The fraction of sp³-hybridized carbons (Fsp3) is 0.312. The van der Waals surface area contributed by atoms with E-state index >= 15 is 0 Å². The molecule has 1 aliphatic heterocycles. The Morgan fingerprint density at radius 2 is 2.13 bits per heavy atom. The summed E-state index contributed by atoms with van der Waals surface area (Å²) in [6, 6.07) is 9.35. The van der Waals surface area contributed by atoms with Gasteiger partial charge in [0.25, 0.3) is 5.91 Å². The summed E-state index contributed by atoms with van der Waals surface area (Å²) in [6.07, 6.45) is 1.000. The molecule has 2 heterocycles. The molecule has 1 amide bonds. The minimum absolute atomic E-state index is 0.127. The molecule has 0 bridgehead atoms. The molecule has 0 saturated carbocycles. The Labute approximate surface area is 137 Å². The van der Waals surface area contributed by atoms with Crippen LogP contribution in [0.1, 0.15) is 17.7 Å². The maximum Gasteiger partial charge on any atom is 0.308 e. The van der Waals surface area contributed by atoms with E-state index in [9.17, 15) is 9.59 Å². The number of aliphatic carboxylic acids is 1. The lowest BCUT2D eigenvalue weighted by molar-refractivity contribution is -0.136. The second-order valence-corrected chi connectivity index (χ2v) is 6.30. The third-order valence-corrected chi connectivity index (χ3v) is 4.48. The van der Waals surface area contributed by atoms with Crippen molar-refractivity contribution in [3.05, 3.63) is 35.2 Å². The topological polar surface area (TPSA) is 88.5 Å². The van der Waals surface area contributed by atoms with Gasteiger partial charge in [-0.25, -0.2) is 4.98 Å². The Hall–Kier alpha value is -2.25. The number of amides is 1. The zero-order valence-electron chi connectivity index (χ0n) is 12.3. The molecular formula is C16H16N2O4S. The second kappa shape index (κ2) is 6.89. The van der Waals surface area contributed by atoms with Gasteiger partial charge >= 0.3 is 5.97 Å². The predicted molar refractivity (Wildman–Crippen MR) is 86.5 cm³/mol. The first-order valence-electron chi connectivity index (χ1n) is 7.33. The van der Waals surface area contributed by atoms with Gasteiger partial charge in [-0.2, -0.15) is 0 Å². The Morgan fingerprint density at radius 1 is 1.35 bits per heavy atom. The van der Waals surface area contributed by atoms with Crippen molar-refractivity contribution in [1.29, 1.82) is 0 Å². The van der Waals surface area contributed by atoms with Crippen molar-refractivity contribution in [1.82, 2.24) is 4.98 Å². The highest BCUT2D eigenvalue weighted by Crippen LogP contribution is 2.32. The predicted octanol–water partition coefficient (Wildman–Crippen LogP) is 2.55. The summed E-state index contributed by atoms with van der Waals surface area (Å²) >= 11 is 1.19. The van der Waals surface area contributed by atoms with Crippen LogP contribution in [0, 0.1) is 0 Å². The Bertz CT molecular complexity index is 708. The third-order valence-electron chi connectivity index (χ3n) is 3.51. The van der Waals surface area contributed by atoms with Crippen molar-refractivity contribution < 1.29 is 19.4 Å². The number of benzene rings is 1. The summed E-state index contributed by atoms with van der Waals surface area (Å²) in [6.45, 7) is 0.593. The van der Waals surface area contributed by atoms with Crippen molar-refractivity contribution in [2.24, 2.45) is 0 Å². The van der Waals surface area contributed by atoms with Gasteiger partial charge < -0.3 is 9.84 Å². The van der Waals surface area contributed by atoms with Gasteiger partial charge in [-0.15, -0.1) is 11.3 Å². The molecule has 2 aromatic rings. The van der Waals surface area contributed by atoms with Gasteiger partial charge in [0.2, 0.25) is 0 Å². The van der Waals surface area contributed by atoms with Crippen LogP contribution in [-0.2, 0) is 20.7 Å². The van der Waals surface area contributed by atoms with Crippen LogP contribution in [-0.4, -0.2) is 34.7 Å². The van der Waals surface area contributed by atoms with Crippen LogP contribution in [0.15, 0.2) is 30.3 Å². The van der Waals surface area contributed by atoms with Crippen molar-refractivity contribution in [3.63, 3.8) is 0 Å². The monoisotopic (exact) mass is 332 g/mol. The average molecular weight is 332 g/mol. The molecule has 0 spiro atoms. The lowest BCUT2D eigenvalue weighted by Crippen LogP contribution is -2.26. The van der Waals surface area contributed by atoms with Crippen LogP contribution < -0.4 is 5.32 Å². The van der Waals surface area contributed by atoms with Crippen LogP contribution in [0.2, 0.25) is 0 Å². The number of anilines is 1. The third kappa shape index (κ3) is 3.75. The number of ether oxygens (including phenoxy) is 1. The van der Waals surface area contributed by atoms with Crippen LogP contribution in [0.3, 0.4) is 0 Å². The lowest BCUT2D eigenvalue weighted by atomic mass is 10.1. The van der Waals surface area contributed by atoms with E-state index < -0.39 is 12.1 Å². The molecule has 3 rings (SSSR count). The Morgan fingerprint density at radius 3 is 2.78 bits per heavy atom. The van der Waals surface area contributed by atoms with Gasteiger partial charge in [0.05, 0.1) is 12.1 Å². The highest BCUT2D eigenvalue weighted by atomic mass is 32.1. The number of aromatic nitrogens is 1. The molecule has 1 saturated heterocycles. The summed E-state index contributed by atoms with van der Waals surface area (Å²) < 4.78 is 5.34. The number of nitrogens with zero attached hydrogens (tertiary/aromatic N) is 1. The second-order valence-electron chi connectivity index (χ2n) is 5.22. The Balaban J connectivity index is 1.85. The number of nitrogens with one attached hydrogen (secondary N) is 1. The molecule has 7 heteroatoms. The number of rotatable bonds is 5. The maximum absolute atomic E-state index is 12.1. The molecule has 1 aromatic heterocycles. The van der Waals surface area contributed by atoms with Gasteiger partial charge in [-0.3, -0.25) is 14.9 Å². The van der Waals surface area contributed by atoms with Gasteiger partial charge in [0, 0.05) is 17.0 Å². The van der Waals surface area contributed by atoms with E-state index in [1.165, 1.54) is 11.3 Å². The molecule has 1 fully saturated rings. The van der Waals surface area contributed by atoms with Gasteiger partial charge in [0.1, 0.15) is 6.10 Å². The van der Waals surface area contributed by atoms with Crippen molar-refractivity contribution in [2.75, 3.05) is 11.9 Å². The molecular weight excluding hydrogens is 316 g/mol. The lowest BCUT2D eigenvalue weighted by Gasteiger charge is -2.07. The van der Waals surface area contributed by atoms with Crippen molar-refractivity contribution in [3.8, 4) is 11.3 Å².